The molecule has 5 rings (SSSR count). The van der Waals surface area contributed by atoms with E-state index < -0.39 is 17.5 Å². The molecule has 5 aromatic carbocycles. The van der Waals surface area contributed by atoms with Gasteiger partial charge in [-0.3, -0.25) is 0 Å². The minimum absolute atomic E-state index is 0.313. The molecule has 140 valence electrons. The standard InChI is InChI=1S/C26H15F3/c27-22-14-17(15-23(28)26(22)29)25-20-12-6-4-10-18(20)24(16-8-2-1-3-9-16)19-11-5-7-13-21(19)25/h1-15H. The summed E-state index contributed by atoms with van der Waals surface area (Å²) in [7, 11) is 0. The van der Waals surface area contributed by atoms with Crippen molar-refractivity contribution < 1.29 is 13.2 Å². The Bertz CT molecular complexity index is 1290. The molecule has 0 amide bonds. The molecule has 29 heavy (non-hydrogen) atoms. The molecule has 0 spiro atoms. The maximum absolute atomic E-state index is 14.1. The van der Waals surface area contributed by atoms with Crippen LogP contribution in [0.3, 0.4) is 0 Å². The topological polar surface area (TPSA) is 0 Å². The Balaban J connectivity index is 1.99. The van der Waals surface area contributed by atoms with Crippen LogP contribution in [-0.4, -0.2) is 0 Å². The lowest BCUT2D eigenvalue weighted by Crippen LogP contribution is -1.95. The van der Waals surface area contributed by atoms with Crippen molar-refractivity contribution in [1.82, 2.24) is 0 Å². The van der Waals surface area contributed by atoms with Gasteiger partial charge in [0, 0.05) is 0 Å². The number of halogens is 3. The van der Waals surface area contributed by atoms with Crippen molar-refractivity contribution in [2.45, 2.75) is 0 Å². The van der Waals surface area contributed by atoms with E-state index in [0.717, 1.165) is 44.8 Å². The minimum Gasteiger partial charge on any atom is -0.204 e. The van der Waals surface area contributed by atoms with Crippen LogP contribution in [0.15, 0.2) is 91.0 Å². The van der Waals surface area contributed by atoms with Crippen molar-refractivity contribution in [3.63, 3.8) is 0 Å². The highest BCUT2D eigenvalue weighted by Gasteiger charge is 2.18. The predicted molar refractivity (Wildman–Crippen MR) is 112 cm³/mol. The van der Waals surface area contributed by atoms with E-state index in [1.54, 1.807) is 0 Å². The lowest BCUT2D eigenvalue weighted by atomic mass is 9.86. The van der Waals surface area contributed by atoms with Gasteiger partial charge in [0.05, 0.1) is 0 Å². The Morgan fingerprint density at radius 2 is 0.793 bits per heavy atom. The second-order valence-electron chi connectivity index (χ2n) is 6.96. The van der Waals surface area contributed by atoms with Gasteiger partial charge >= 0.3 is 0 Å². The highest BCUT2D eigenvalue weighted by atomic mass is 19.2. The van der Waals surface area contributed by atoms with Crippen molar-refractivity contribution in [2.24, 2.45) is 0 Å². The molecule has 5 aromatic rings. The molecule has 0 saturated heterocycles. The third kappa shape index (κ3) is 2.78. The van der Waals surface area contributed by atoms with Crippen LogP contribution in [0.4, 0.5) is 13.2 Å². The molecule has 0 heterocycles. The molecule has 0 aliphatic rings. The molecule has 0 saturated carbocycles. The van der Waals surface area contributed by atoms with E-state index in [1.807, 2.05) is 78.9 Å². The Kier molecular flexibility index (Phi) is 4.09. The van der Waals surface area contributed by atoms with E-state index in [1.165, 1.54) is 0 Å². The second kappa shape index (κ2) is 6.78. The number of hydrogen-bond acceptors (Lipinski definition) is 0. The van der Waals surface area contributed by atoms with Crippen molar-refractivity contribution >= 4 is 21.5 Å². The summed E-state index contributed by atoms with van der Waals surface area (Å²) in [6.45, 7) is 0. The van der Waals surface area contributed by atoms with Crippen molar-refractivity contribution in [2.75, 3.05) is 0 Å². The summed E-state index contributed by atoms with van der Waals surface area (Å²) in [6.07, 6.45) is 0. The third-order valence-corrected chi connectivity index (χ3v) is 5.27. The third-order valence-electron chi connectivity index (χ3n) is 5.27. The molecule has 3 heteroatoms. The van der Waals surface area contributed by atoms with Gasteiger partial charge in [-0.2, -0.15) is 0 Å². The Labute approximate surface area is 165 Å². The molecule has 0 bridgehead atoms. The van der Waals surface area contributed by atoms with Gasteiger partial charge < -0.3 is 0 Å². The molecule has 0 N–H and O–H groups in total. The second-order valence-corrected chi connectivity index (χ2v) is 6.96. The molecule has 0 aromatic heterocycles. The average Bonchev–Trinajstić information content (AvgIpc) is 2.76. The fourth-order valence-corrected chi connectivity index (χ4v) is 4.06. The zero-order valence-electron chi connectivity index (χ0n) is 15.3. The maximum Gasteiger partial charge on any atom is 0.194 e. The fraction of sp³-hybridized carbons (Fsp3) is 0. The number of fused-ring (bicyclic) bond motifs is 2. The van der Waals surface area contributed by atoms with Crippen LogP contribution in [-0.2, 0) is 0 Å². The molecular weight excluding hydrogens is 369 g/mol. The first kappa shape index (κ1) is 17.5. The van der Waals surface area contributed by atoms with Crippen LogP contribution < -0.4 is 0 Å². The van der Waals surface area contributed by atoms with E-state index in [-0.39, 0.29) is 0 Å². The Morgan fingerprint density at radius 1 is 0.414 bits per heavy atom. The quantitative estimate of drug-likeness (QED) is 0.216. The van der Waals surface area contributed by atoms with Gasteiger partial charge in [0.25, 0.3) is 0 Å². The minimum atomic E-state index is -1.46. The van der Waals surface area contributed by atoms with Gasteiger partial charge in [-0.25, -0.2) is 13.2 Å². The summed E-state index contributed by atoms with van der Waals surface area (Å²) in [5.74, 6) is -3.84. The summed E-state index contributed by atoms with van der Waals surface area (Å²) >= 11 is 0. The molecular formula is C26H15F3. The van der Waals surface area contributed by atoms with Crippen LogP contribution in [0.1, 0.15) is 0 Å². The highest BCUT2D eigenvalue weighted by Crippen LogP contribution is 2.43. The molecule has 0 radical (unpaired) electrons. The molecule has 0 aliphatic carbocycles. The maximum atomic E-state index is 14.1. The first-order valence-electron chi connectivity index (χ1n) is 9.29. The van der Waals surface area contributed by atoms with E-state index in [4.69, 9.17) is 0 Å². The Hall–Kier alpha value is -3.59. The fourth-order valence-electron chi connectivity index (χ4n) is 4.06. The molecule has 0 fully saturated rings. The summed E-state index contributed by atoms with van der Waals surface area (Å²) < 4.78 is 41.7. The summed E-state index contributed by atoms with van der Waals surface area (Å²) in [4.78, 5) is 0. The molecule has 0 unspecified atom stereocenters. The van der Waals surface area contributed by atoms with E-state index in [9.17, 15) is 13.2 Å². The van der Waals surface area contributed by atoms with Crippen LogP contribution in [0.25, 0.3) is 43.8 Å². The van der Waals surface area contributed by atoms with Crippen molar-refractivity contribution in [1.29, 1.82) is 0 Å². The normalized spacial score (nSPS) is 11.3. The van der Waals surface area contributed by atoms with Crippen molar-refractivity contribution in [3.8, 4) is 22.3 Å². The average molecular weight is 384 g/mol. The summed E-state index contributed by atoms with van der Waals surface area (Å²) in [5.41, 5.74) is 3.12. The van der Waals surface area contributed by atoms with Gasteiger partial charge in [0.2, 0.25) is 0 Å². The first-order chi connectivity index (χ1) is 14.1. The van der Waals surface area contributed by atoms with Gasteiger partial charge in [0.1, 0.15) is 0 Å². The summed E-state index contributed by atoms with van der Waals surface area (Å²) in [6, 6.07) is 27.7. The van der Waals surface area contributed by atoms with E-state index in [0.29, 0.717) is 11.1 Å². The monoisotopic (exact) mass is 384 g/mol. The Morgan fingerprint density at radius 3 is 1.24 bits per heavy atom. The lowest BCUT2D eigenvalue weighted by Gasteiger charge is -2.17. The van der Waals surface area contributed by atoms with Gasteiger partial charge in [-0.15, -0.1) is 0 Å². The number of benzene rings is 5. The van der Waals surface area contributed by atoms with Gasteiger partial charge in [-0.1, -0.05) is 78.9 Å². The zero-order chi connectivity index (χ0) is 20.0. The number of hydrogen-bond donors (Lipinski definition) is 0. The largest absolute Gasteiger partial charge is 0.204 e. The molecule has 0 aliphatic heterocycles. The lowest BCUT2D eigenvalue weighted by molar-refractivity contribution is 0.448. The van der Waals surface area contributed by atoms with Crippen LogP contribution in [0, 0.1) is 17.5 Å². The van der Waals surface area contributed by atoms with E-state index in [2.05, 4.69) is 0 Å². The van der Waals surface area contributed by atoms with Gasteiger partial charge in [-0.05, 0) is 55.9 Å². The van der Waals surface area contributed by atoms with Crippen molar-refractivity contribution in [3.05, 3.63) is 108 Å². The van der Waals surface area contributed by atoms with Crippen LogP contribution in [0.2, 0.25) is 0 Å². The zero-order valence-corrected chi connectivity index (χ0v) is 15.3. The predicted octanol–water partition coefficient (Wildman–Crippen LogP) is 7.74. The van der Waals surface area contributed by atoms with E-state index >= 15 is 0 Å². The van der Waals surface area contributed by atoms with Crippen LogP contribution in [0.5, 0.6) is 0 Å². The summed E-state index contributed by atoms with van der Waals surface area (Å²) in [5, 5.41) is 3.65. The SMILES string of the molecule is Fc1cc(-c2c3ccccc3c(-c3ccccc3)c3ccccc23)cc(F)c1F. The van der Waals surface area contributed by atoms with Crippen LogP contribution >= 0.6 is 0 Å². The molecule has 0 nitrogen and oxygen atoms in total. The highest BCUT2D eigenvalue weighted by molar-refractivity contribution is 6.21. The smallest absolute Gasteiger partial charge is 0.194 e. The van der Waals surface area contributed by atoms with Gasteiger partial charge in [0.15, 0.2) is 17.5 Å². The number of rotatable bonds is 2. The first-order valence-corrected chi connectivity index (χ1v) is 9.29. The molecule has 0 atom stereocenters.